The molecule has 2 aliphatic carbocycles. The molecule has 26 heavy (non-hydrogen) atoms. The summed E-state index contributed by atoms with van der Waals surface area (Å²) in [6, 6.07) is 1.01. The fraction of sp³-hybridized carbons (Fsp3) is 0.778. The number of rotatable bonds is 7. The average Bonchev–Trinajstić information content (AvgIpc) is 2.81. The molecule has 146 valence electrons. The first kappa shape index (κ1) is 19.5. The lowest BCUT2D eigenvalue weighted by Gasteiger charge is -2.19. The minimum atomic E-state index is -2.69. The molecule has 1 fully saturated rings. The molecule has 3 rings (SSSR count). The Kier molecular flexibility index (Phi) is 4.80. The minimum absolute atomic E-state index is 0.167. The van der Waals surface area contributed by atoms with Gasteiger partial charge < -0.3 is 9.47 Å². The van der Waals surface area contributed by atoms with Crippen LogP contribution in [0.5, 0.6) is 0 Å². The number of hydrogen-bond acceptors (Lipinski definition) is 4. The number of carbonyl (C=O) groups excluding carboxylic acids is 1. The molecule has 0 saturated heterocycles. The van der Waals surface area contributed by atoms with Crippen molar-refractivity contribution in [3.05, 3.63) is 17.0 Å². The summed E-state index contributed by atoms with van der Waals surface area (Å²) in [6.45, 7) is 11.1. The molecule has 0 spiro atoms. The number of carbonyl (C=O) groups is 1. The highest BCUT2D eigenvalue weighted by atomic mass is 28.3. The van der Waals surface area contributed by atoms with Crippen LogP contribution in [-0.4, -0.2) is 43.0 Å². The van der Waals surface area contributed by atoms with Gasteiger partial charge in [0.05, 0.1) is 6.61 Å². The average molecular weight is 387 g/mol. The van der Waals surface area contributed by atoms with E-state index in [0.29, 0.717) is 17.9 Å². The quantitative estimate of drug-likeness (QED) is 0.407. The van der Waals surface area contributed by atoms with Crippen LogP contribution in [-0.2, 0) is 29.0 Å². The maximum atomic E-state index is 14.2. The van der Waals surface area contributed by atoms with Gasteiger partial charge in [-0.15, -0.1) is 0 Å². The Labute approximate surface area is 154 Å². The van der Waals surface area contributed by atoms with Crippen molar-refractivity contribution in [3.8, 4) is 0 Å². The Morgan fingerprint density at radius 3 is 2.69 bits per heavy atom. The van der Waals surface area contributed by atoms with Crippen molar-refractivity contribution in [2.75, 3.05) is 13.2 Å². The third kappa shape index (κ3) is 3.22. The lowest BCUT2D eigenvalue weighted by Crippen LogP contribution is -2.23. The number of nitrogens with zero attached hydrogens (tertiary/aromatic N) is 2. The summed E-state index contributed by atoms with van der Waals surface area (Å²) < 4.78 is 40.8. The SMILES string of the molecule is CCOC(=O)c1nn(COCC[Si](C)(C)C)c2c1CC1C(F)(F)C1(C)C2. The van der Waals surface area contributed by atoms with Gasteiger partial charge in [0.25, 0.3) is 5.92 Å². The van der Waals surface area contributed by atoms with Crippen molar-refractivity contribution in [2.24, 2.45) is 11.3 Å². The molecule has 0 radical (unpaired) electrons. The van der Waals surface area contributed by atoms with E-state index in [0.717, 1.165) is 6.04 Å². The molecule has 0 aliphatic heterocycles. The maximum absolute atomic E-state index is 14.2. The number of halogens is 2. The molecule has 1 saturated carbocycles. The van der Waals surface area contributed by atoms with Gasteiger partial charge in [0.2, 0.25) is 0 Å². The molecule has 2 unspecified atom stereocenters. The van der Waals surface area contributed by atoms with Crippen molar-refractivity contribution in [3.63, 3.8) is 0 Å². The highest BCUT2D eigenvalue weighted by molar-refractivity contribution is 6.76. The van der Waals surface area contributed by atoms with E-state index < -0.39 is 31.3 Å². The molecule has 2 aliphatic rings. The van der Waals surface area contributed by atoms with Gasteiger partial charge in [0.1, 0.15) is 6.73 Å². The smallest absolute Gasteiger partial charge is 0.359 e. The van der Waals surface area contributed by atoms with Gasteiger partial charge in [0, 0.05) is 43.7 Å². The topological polar surface area (TPSA) is 53.3 Å². The van der Waals surface area contributed by atoms with E-state index in [-0.39, 0.29) is 31.9 Å². The molecular formula is C18H28F2N2O3Si. The van der Waals surface area contributed by atoms with E-state index in [9.17, 15) is 13.6 Å². The van der Waals surface area contributed by atoms with Gasteiger partial charge in [-0.3, -0.25) is 0 Å². The monoisotopic (exact) mass is 386 g/mol. The Hall–Kier alpha value is -1.28. The maximum Gasteiger partial charge on any atom is 0.359 e. The second kappa shape index (κ2) is 6.40. The van der Waals surface area contributed by atoms with Crippen molar-refractivity contribution < 1.29 is 23.0 Å². The molecule has 2 atom stereocenters. The number of esters is 1. The predicted molar refractivity (Wildman–Crippen MR) is 96.2 cm³/mol. The largest absolute Gasteiger partial charge is 0.461 e. The number of alkyl halides is 2. The summed E-state index contributed by atoms with van der Waals surface area (Å²) in [5.74, 6) is -3.96. The third-order valence-corrected chi connectivity index (χ3v) is 7.38. The fourth-order valence-electron chi connectivity index (χ4n) is 3.77. The Balaban J connectivity index is 1.81. The van der Waals surface area contributed by atoms with Gasteiger partial charge in [-0.05, 0) is 19.4 Å². The highest BCUT2D eigenvalue weighted by Gasteiger charge is 2.78. The van der Waals surface area contributed by atoms with Gasteiger partial charge in [-0.1, -0.05) is 26.6 Å². The third-order valence-electron chi connectivity index (χ3n) is 5.67. The first-order valence-electron chi connectivity index (χ1n) is 9.22. The van der Waals surface area contributed by atoms with Crippen molar-refractivity contribution >= 4 is 14.0 Å². The van der Waals surface area contributed by atoms with E-state index in [2.05, 4.69) is 24.7 Å². The highest BCUT2D eigenvalue weighted by Crippen LogP contribution is 2.70. The number of aromatic nitrogens is 2. The van der Waals surface area contributed by atoms with Crippen molar-refractivity contribution in [1.82, 2.24) is 9.78 Å². The number of ether oxygens (including phenoxy) is 2. The lowest BCUT2D eigenvalue weighted by atomic mass is 9.87. The lowest BCUT2D eigenvalue weighted by molar-refractivity contribution is 0.0501. The van der Waals surface area contributed by atoms with Crippen LogP contribution in [0, 0.1) is 11.3 Å². The Morgan fingerprint density at radius 1 is 1.38 bits per heavy atom. The van der Waals surface area contributed by atoms with Gasteiger partial charge in [-0.2, -0.15) is 5.10 Å². The second-order valence-electron chi connectivity index (χ2n) is 8.82. The Bertz CT molecular complexity index is 714. The van der Waals surface area contributed by atoms with Crippen molar-refractivity contribution in [2.45, 2.75) is 65.0 Å². The molecule has 5 nitrogen and oxygen atoms in total. The predicted octanol–water partition coefficient (Wildman–Crippen LogP) is 3.74. The number of hydrogen-bond donors (Lipinski definition) is 0. The molecule has 1 heterocycles. The fourth-order valence-corrected chi connectivity index (χ4v) is 4.52. The van der Waals surface area contributed by atoms with Crippen LogP contribution in [0.15, 0.2) is 0 Å². The van der Waals surface area contributed by atoms with Crippen LogP contribution < -0.4 is 0 Å². The van der Waals surface area contributed by atoms with Crippen LogP contribution >= 0.6 is 0 Å². The zero-order chi connectivity index (χ0) is 19.3. The zero-order valence-corrected chi connectivity index (χ0v) is 17.2. The van der Waals surface area contributed by atoms with Crippen molar-refractivity contribution in [1.29, 1.82) is 0 Å². The molecule has 0 amide bonds. The van der Waals surface area contributed by atoms with E-state index in [4.69, 9.17) is 9.47 Å². The molecule has 8 heteroatoms. The molecular weight excluding hydrogens is 358 g/mol. The molecule has 0 bridgehead atoms. The van der Waals surface area contributed by atoms with Gasteiger partial charge >= 0.3 is 5.97 Å². The van der Waals surface area contributed by atoms with E-state index in [1.165, 1.54) is 0 Å². The van der Waals surface area contributed by atoms with Crippen LogP contribution in [0.3, 0.4) is 0 Å². The molecule has 1 aromatic rings. The van der Waals surface area contributed by atoms with E-state index in [1.807, 2.05) is 0 Å². The summed E-state index contributed by atoms with van der Waals surface area (Å²) in [4.78, 5) is 12.2. The minimum Gasteiger partial charge on any atom is -0.461 e. The first-order valence-corrected chi connectivity index (χ1v) is 12.9. The summed E-state index contributed by atoms with van der Waals surface area (Å²) in [5, 5.41) is 4.36. The van der Waals surface area contributed by atoms with Crippen LogP contribution in [0.2, 0.25) is 25.7 Å². The summed E-state index contributed by atoms with van der Waals surface area (Å²) >= 11 is 0. The van der Waals surface area contributed by atoms with E-state index in [1.54, 1.807) is 18.5 Å². The zero-order valence-electron chi connectivity index (χ0n) is 16.2. The molecule has 0 aromatic carbocycles. The van der Waals surface area contributed by atoms with Crippen LogP contribution in [0.25, 0.3) is 0 Å². The summed E-state index contributed by atoms with van der Waals surface area (Å²) in [5.41, 5.74) is 0.427. The molecule has 1 aromatic heterocycles. The normalized spacial score (nSPS) is 26.2. The second-order valence-corrected chi connectivity index (χ2v) is 14.4. The van der Waals surface area contributed by atoms with Crippen LogP contribution in [0.1, 0.15) is 35.6 Å². The molecule has 0 N–H and O–H groups in total. The van der Waals surface area contributed by atoms with Crippen LogP contribution in [0.4, 0.5) is 8.78 Å². The first-order chi connectivity index (χ1) is 12.0. The number of fused-ring (bicyclic) bond motifs is 2. The van der Waals surface area contributed by atoms with Gasteiger partial charge in [-0.25, -0.2) is 18.3 Å². The van der Waals surface area contributed by atoms with Gasteiger partial charge in [0.15, 0.2) is 5.69 Å². The standard InChI is InChI=1S/C18H28F2N2O3Si/c1-6-25-16(23)15-12-9-14-17(2,18(14,19)20)10-13(12)22(21-15)11-24-7-8-26(3,4)5/h14H,6-11H2,1-5H3. The van der Waals surface area contributed by atoms with E-state index >= 15 is 0 Å². The Morgan fingerprint density at radius 2 is 2.08 bits per heavy atom. The summed E-state index contributed by atoms with van der Waals surface area (Å²) in [7, 11) is -1.21. The summed E-state index contributed by atoms with van der Waals surface area (Å²) in [6.07, 6.45) is 0.381.